The van der Waals surface area contributed by atoms with E-state index >= 15 is 0 Å². The minimum Gasteiger partial charge on any atom is -0.366 e. The average molecular weight is 337 g/mol. The number of morpholine rings is 1. The Bertz CT molecular complexity index is 616. The number of hydrogen-bond acceptors (Lipinski definition) is 5. The van der Waals surface area contributed by atoms with Crippen LogP contribution in [-0.4, -0.2) is 65.5 Å². The van der Waals surface area contributed by atoms with Crippen molar-refractivity contribution in [3.05, 3.63) is 15.6 Å². The highest BCUT2D eigenvalue weighted by Crippen LogP contribution is 2.24. The summed E-state index contributed by atoms with van der Waals surface area (Å²) >= 11 is 1.60. The van der Waals surface area contributed by atoms with Gasteiger partial charge >= 0.3 is 0 Å². The van der Waals surface area contributed by atoms with Gasteiger partial charge in [0.25, 0.3) is 0 Å². The molecule has 2 aliphatic rings. The van der Waals surface area contributed by atoms with Crippen molar-refractivity contribution in [2.75, 3.05) is 26.7 Å². The lowest BCUT2D eigenvalue weighted by Gasteiger charge is -2.37. The largest absolute Gasteiger partial charge is 0.366 e. The molecule has 2 saturated heterocycles. The molecule has 2 atom stereocenters. The van der Waals surface area contributed by atoms with Crippen molar-refractivity contribution >= 4 is 23.2 Å². The Morgan fingerprint density at radius 1 is 1.35 bits per heavy atom. The number of nitrogens with zero attached hydrogens (tertiary/aromatic N) is 3. The van der Waals surface area contributed by atoms with Crippen LogP contribution in [0.1, 0.15) is 28.4 Å². The van der Waals surface area contributed by atoms with E-state index in [0.717, 1.165) is 28.4 Å². The number of carbonyl (C=O) groups is 2. The molecule has 2 fully saturated rings. The molecule has 3 heterocycles. The predicted octanol–water partition coefficient (Wildman–Crippen LogP) is 1.15. The second-order valence-electron chi connectivity index (χ2n) is 6.30. The molecule has 23 heavy (non-hydrogen) atoms. The van der Waals surface area contributed by atoms with Crippen molar-refractivity contribution < 1.29 is 14.3 Å². The van der Waals surface area contributed by atoms with Crippen LogP contribution in [-0.2, 0) is 20.7 Å². The van der Waals surface area contributed by atoms with Crippen LogP contribution < -0.4 is 0 Å². The Morgan fingerprint density at radius 3 is 2.78 bits per heavy atom. The van der Waals surface area contributed by atoms with Gasteiger partial charge in [-0.15, -0.1) is 11.3 Å². The summed E-state index contributed by atoms with van der Waals surface area (Å²) < 4.78 is 5.68. The fourth-order valence-corrected chi connectivity index (χ4v) is 4.33. The van der Waals surface area contributed by atoms with Crippen molar-refractivity contribution in [1.29, 1.82) is 0 Å². The zero-order valence-corrected chi connectivity index (χ0v) is 14.7. The SMILES string of the molecule is Cc1nc(C)c(CC(=O)N2CC[C@@H]3OCC(=O)N(C)[C@H]3CC2)s1. The molecule has 0 saturated carbocycles. The number of aryl methyl sites for hydroxylation is 2. The summed E-state index contributed by atoms with van der Waals surface area (Å²) in [4.78, 5) is 33.5. The maximum atomic E-state index is 12.6. The van der Waals surface area contributed by atoms with E-state index < -0.39 is 0 Å². The van der Waals surface area contributed by atoms with Gasteiger partial charge in [0.1, 0.15) is 6.61 Å². The first kappa shape index (κ1) is 16.4. The summed E-state index contributed by atoms with van der Waals surface area (Å²) in [6.07, 6.45) is 2.03. The maximum Gasteiger partial charge on any atom is 0.248 e. The van der Waals surface area contributed by atoms with Crippen LogP contribution >= 0.6 is 11.3 Å². The monoisotopic (exact) mass is 337 g/mol. The van der Waals surface area contributed by atoms with Crippen LogP contribution in [0.3, 0.4) is 0 Å². The van der Waals surface area contributed by atoms with E-state index in [4.69, 9.17) is 4.74 Å². The Kier molecular flexibility index (Phi) is 4.68. The van der Waals surface area contributed by atoms with Crippen molar-refractivity contribution in [2.45, 2.75) is 45.3 Å². The normalized spacial score (nSPS) is 25.3. The van der Waals surface area contributed by atoms with Crippen LogP contribution in [0, 0.1) is 13.8 Å². The van der Waals surface area contributed by atoms with Crippen LogP contribution in [0.25, 0.3) is 0 Å². The smallest absolute Gasteiger partial charge is 0.248 e. The molecule has 0 aromatic carbocycles. The molecule has 6 nitrogen and oxygen atoms in total. The summed E-state index contributed by atoms with van der Waals surface area (Å²) in [5.41, 5.74) is 0.956. The summed E-state index contributed by atoms with van der Waals surface area (Å²) in [6.45, 7) is 5.45. The third-order valence-electron chi connectivity index (χ3n) is 4.78. The molecule has 0 radical (unpaired) electrons. The van der Waals surface area contributed by atoms with E-state index in [9.17, 15) is 9.59 Å². The Hall–Kier alpha value is -1.47. The number of ether oxygens (including phenoxy) is 1. The van der Waals surface area contributed by atoms with Gasteiger partial charge in [-0.1, -0.05) is 0 Å². The number of likely N-dealkylation sites (N-methyl/N-ethyl adjacent to an activating group) is 1. The molecule has 2 aliphatic heterocycles. The van der Waals surface area contributed by atoms with Crippen molar-refractivity contribution in [3.63, 3.8) is 0 Å². The Morgan fingerprint density at radius 2 is 2.09 bits per heavy atom. The standard InChI is InChI=1S/C16H23N3O3S/c1-10-14(23-11(2)17-10)8-15(20)19-6-4-12-13(5-7-19)22-9-16(21)18(12)3/h12-13H,4-9H2,1-3H3/t12-,13-/m0/s1. The fraction of sp³-hybridized carbons (Fsp3) is 0.688. The molecule has 7 heteroatoms. The lowest BCUT2D eigenvalue weighted by atomic mass is 10.0. The molecule has 0 aliphatic carbocycles. The van der Waals surface area contributed by atoms with Gasteiger partial charge in [-0.25, -0.2) is 4.98 Å². The number of carbonyl (C=O) groups excluding carboxylic acids is 2. The fourth-order valence-electron chi connectivity index (χ4n) is 3.40. The van der Waals surface area contributed by atoms with Crippen LogP contribution in [0.5, 0.6) is 0 Å². The Balaban J connectivity index is 1.64. The molecule has 3 rings (SSSR count). The lowest BCUT2D eigenvalue weighted by molar-refractivity contribution is -0.154. The summed E-state index contributed by atoms with van der Waals surface area (Å²) in [5.74, 6) is 0.172. The quantitative estimate of drug-likeness (QED) is 0.812. The van der Waals surface area contributed by atoms with Gasteiger partial charge in [0.15, 0.2) is 0 Å². The van der Waals surface area contributed by atoms with Gasteiger partial charge in [0, 0.05) is 25.0 Å². The van der Waals surface area contributed by atoms with E-state index in [1.807, 2.05) is 25.8 Å². The topological polar surface area (TPSA) is 62.7 Å². The zero-order valence-electron chi connectivity index (χ0n) is 13.9. The zero-order chi connectivity index (χ0) is 16.6. The van der Waals surface area contributed by atoms with Crippen molar-refractivity contribution in [3.8, 4) is 0 Å². The van der Waals surface area contributed by atoms with Gasteiger partial charge in [0.05, 0.1) is 29.3 Å². The predicted molar refractivity (Wildman–Crippen MR) is 87.4 cm³/mol. The minimum absolute atomic E-state index is 0.0294. The molecule has 1 aromatic heterocycles. The molecule has 1 aromatic rings. The van der Waals surface area contributed by atoms with E-state index in [1.165, 1.54) is 0 Å². The highest BCUT2D eigenvalue weighted by molar-refractivity contribution is 7.11. The minimum atomic E-state index is 0.0294. The van der Waals surface area contributed by atoms with E-state index in [1.54, 1.807) is 16.2 Å². The van der Waals surface area contributed by atoms with Crippen LogP contribution in [0.15, 0.2) is 0 Å². The second-order valence-corrected chi connectivity index (χ2v) is 7.59. The van der Waals surface area contributed by atoms with Gasteiger partial charge < -0.3 is 14.5 Å². The highest BCUT2D eigenvalue weighted by atomic mass is 32.1. The number of fused-ring (bicyclic) bond motifs is 1. The first-order valence-electron chi connectivity index (χ1n) is 8.03. The van der Waals surface area contributed by atoms with E-state index in [0.29, 0.717) is 19.5 Å². The lowest BCUT2D eigenvalue weighted by Crippen LogP contribution is -2.52. The molecular weight excluding hydrogens is 314 g/mol. The van der Waals surface area contributed by atoms with Gasteiger partial charge in [-0.3, -0.25) is 9.59 Å². The van der Waals surface area contributed by atoms with Crippen LogP contribution in [0.4, 0.5) is 0 Å². The number of amides is 2. The molecule has 126 valence electrons. The maximum absolute atomic E-state index is 12.6. The number of likely N-dealkylation sites (tertiary alicyclic amines) is 1. The number of rotatable bonds is 2. The summed E-state index contributed by atoms with van der Waals surface area (Å²) in [5, 5.41) is 1.00. The van der Waals surface area contributed by atoms with Crippen molar-refractivity contribution in [2.24, 2.45) is 0 Å². The van der Waals surface area contributed by atoms with Gasteiger partial charge in [-0.2, -0.15) is 0 Å². The third kappa shape index (κ3) is 3.40. The molecular formula is C16H23N3O3S. The number of thiazole rings is 1. The third-order valence-corrected chi connectivity index (χ3v) is 5.86. The molecule has 0 bridgehead atoms. The van der Waals surface area contributed by atoms with E-state index in [-0.39, 0.29) is 30.6 Å². The van der Waals surface area contributed by atoms with Crippen LogP contribution in [0.2, 0.25) is 0 Å². The Labute approximate surface area is 140 Å². The molecule has 2 amide bonds. The number of aromatic nitrogens is 1. The summed E-state index contributed by atoms with van der Waals surface area (Å²) in [7, 11) is 1.84. The van der Waals surface area contributed by atoms with E-state index in [2.05, 4.69) is 4.98 Å². The molecule has 0 spiro atoms. The molecule has 0 unspecified atom stereocenters. The molecule has 0 N–H and O–H groups in total. The first-order chi connectivity index (χ1) is 11.0. The highest BCUT2D eigenvalue weighted by Gasteiger charge is 2.37. The summed E-state index contributed by atoms with van der Waals surface area (Å²) in [6, 6.07) is 0.0847. The number of hydrogen-bond donors (Lipinski definition) is 0. The van der Waals surface area contributed by atoms with Gasteiger partial charge in [-0.05, 0) is 26.7 Å². The van der Waals surface area contributed by atoms with Gasteiger partial charge in [0.2, 0.25) is 11.8 Å². The average Bonchev–Trinajstić information content (AvgIpc) is 2.72. The second kappa shape index (κ2) is 6.57. The first-order valence-corrected chi connectivity index (χ1v) is 8.85. The van der Waals surface area contributed by atoms with Crippen molar-refractivity contribution in [1.82, 2.24) is 14.8 Å².